The highest BCUT2D eigenvalue weighted by Gasteiger charge is 2.12. The maximum atomic E-state index is 11.0. The number of carboxylic acid groups (broad SMARTS) is 1. The van der Waals surface area contributed by atoms with Crippen molar-refractivity contribution in [2.75, 3.05) is 0 Å². The normalized spacial score (nSPS) is 10.5. The minimum absolute atomic E-state index is 0.103. The number of carboxylic acids is 1. The summed E-state index contributed by atoms with van der Waals surface area (Å²) in [5.41, 5.74) is 0.804. The summed E-state index contributed by atoms with van der Waals surface area (Å²) in [5.74, 6) is -0.998. The molecule has 0 unspecified atom stereocenters. The van der Waals surface area contributed by atoms with Gasteiger partial charge in [0.15, 0.2) is 5.69 Å². The van der Waals surface area contributed by atoms with Gasteiger partial charge in [0.1, 0.15) is 0 Å². The molecule has 1 heterocycles. The van der Waals surface area contributed by atoms with E-state index in [2.05, 4.69) is 20.9 Å². The van der Waals surface area contributed by atoms with Gasteiger partial charge < -0.3 is 5.11 Å². The van der Waals surface area contributed by atoms with Crippen LogP contribution in [0, 0.1) is 6.92 Å². The molecular weight excluding hydrogens is 258 g/mol. The van der Waals surface area contributed by atoms with Crippen LogP contribution in [0.1, 0.15) is 16.2 Å². The van der Waals surface area contributed by atoms with E-state index in [1.165, 1.54) is 0 Å². The molecule has 0 saturated heterocycles. The lowest BCUT2D eigenvalue weighted by Crippen LogP contribution is -2.02. The van der Waals surface area contributed by atoms with Crippen molar-refractivity contribution in [3.63, 3.8) is 0 Å². The van der Waals surface area contributed by atoms with E-state index >= 15 is 0 Å². The van der Waals surface area contributed by atoms with Crippen LogP contribution in [0.15, 0.2) is 28.7 Å². The smallest absolute Gasteiger partial charge is 0.355 e. The van der Waals surface area contributed by atoms with Crippen molar-refractivity contribution in [2.45, 2.75) is 6.92 Å². The topological polar surface area (TPSA) is 50.2 Å². The average molecular weight is 266 g/mol. The van der Waals surface area contributed by atoms with Gasteiger partial charge in [0.2, 0.25) is 0 Å². The molecule has 2 rings (SSSR count). The van der Waals surface area contributed by atoms with Crippen molar-refractivity contribution in [3.05, 3.63) is 40.1 Å². The predicted octanol–water partition coefficient (Wildman–Crippen LogP) is 3.00. The third-order valence-corrected chi connectivity index (χ3v) is 2.84. The van der Waals surface area contributed by atoms with Gasteiger partial charge in [-0.2, -0.15) is 0 Å². The molecule has 0 spiro atoms. The highest BCUT2D eigenvalue weighted by molar-refractivity contribution is 9.10. The minimum atomic E-state index is -0.998. The van der Waals surface area contributed by atoms with Crippen LogP contribution in [0.4, 0.5) is 0 Å². The Kier molecular flexibility index (Phi) is 2.44. The van der Waals surface area contributed by atoms with Crippen LogP contribution >= 0.6 is 15.9 Å². The van der Waals surface area contributed by atoms with Gasteiger partial charge in [0, 0.05) is 20.9 Å². The molecule has 0 aliphatic carbocycles. The lowest BCUT2D eigenvalue weighted by Gasteiger charge is -2.05. The first-order valence-electron chi connectivity index (χ1n) is 4.39. The van der Waals surface area contributed by atoms with Crippen molar-refractivity contribution >= 4 is 32.7 Å². The molecule has 0 amide bonds. The summed E-state index contributed by atoms with van der Waals surface area (Å²) in [7, 11) is 0. The number of aromatic nitrogens is 1. The molecule has 4 heteroatoms. The average Bonchev–Trinajstić information content (AvgIpc) is 2.18. The van der Waals surface area contributed by atoms with Gasteiger partial charge >= 0.3 is 5.97 Å². The zero-order valence-electron chi connectivity index (χ0n) is 7.99. The molecule has 0 aliphatic rings. The van der Waals surface area contributed by atoms with Crippen LogP contribution in [0.5, 0.6) is 0 Å². The zero-order chi connectivity index (χ0) is 11.0. The molecule has 0 saturated carbocycles. The first-order valence-corrected chi connectivity index (χ1v) is 5.18. The Morgan fingerprint density at radius 2 is 2.13 bits per heavy atom. The van der Waals surface area contributed by atoms with Crippen LogP contribution < -0.4 is 0 Å². The number of halogens is 1. The molecule has 0 fully saturated rings. The van der Waals surface area contributed by atoms with E-state index in [0.717, 1.165) is 9.86 Å². The highest BCUT2D eigenvalue weighted by atomic mass is 79.9. The quantitative estimate of drug-likeness (QED) is 0.863. The number of aryl methyl sites for hydroxylation is 1. The van der Waals surface area contributed by atoms with E-state index in [9.17, 15) is 4.79 Å². The van der Waals surface area contributed by atoms with E-state index in [1.54, 1.807) is 19.1 Å². The van der Waals surface area contributed by atoms with Crippen molar-refractivity contribution < 1.29 is 9.90 Å². The Bertz CT molecular complexity index is 552. The Morgan fingerprint density at radius 1 is 1.40 bits per heavy atom. The summed E-state index contributed by atoms with van der Waals surface area (Å²) in [4.78, 5) is 15.0. The second-order valence-corrected chi connectivity index (χ2v) is 4.11. The van der Waals surface area contributed by atoms with Gasteiger partial charge in [-0.3, -0.25) is 0 Å². The first-order chi connectivity index (χ1) is 7.09. The van der Waals surface area contributed by atoms with Crippen LogP contribution in [0.3, 0.4) is 0 Å². The standard InChI is InChI=1S/C11H8BrNO2/c1-6-5-8-7(3-2-4-9(8)12)10(13-6)11(14)15/h2-5H,1H3,(H,14,15). The van der Waals surface area contributed by atoms with Gasteiger partial charge in [-0.1, -0.05) is 28.1 Å². The molecule has 0 radical (unpaired) electrons. The maximum absolute atomic E-state index is 11.0. The van der Waals surface area contributed by atoms with Crippen LogP contribution in [-0.2, 0) is 0 Å². The first kappa shape index (κ1) is 10.1. The van der Waals surface area contributed by atoms with Crippen LogP contribution in [0.25, 0.3) is 10.8 Å². The van der Waals surface area contributed by atoms with Crippen molar-refractivity contribution in [2.24, 2.45) is 0 Å². The van der Waals surface area contributed by atoms with E-state index < -0.39 is 5.97 Å². The third kappa shape index (κ3) is 1.72. The number of hydrogen-bond acceptors (Lipinski definition) is 2. The van der Waals surface area contributed by atoms with Gasteiger partial charge in [-0.05, 0) is 19.1 Å². The number of benzene rings is 1. The van der Waals surface area contributed by atoms with E-state index in [-0.39, 0.29) is 5.69 Å². The number of aromatic carboxylic acids is 1. The van der Waals surface area contributed by atoms with Gasteiger partial charge in [-0.25, -0.2) is 9.78 Å². The number of fused-ring (bicyclic) bond motifs is 1. The number of rotatable bonds is 1. The number of carbonyl (C=O) groups is 1. The fraction of sp³-hybridized carbons (Fsp3) is 0.0909. The van der Waals surface area contributed by atoms with Gasteiger partial charge in [-0.15, -0.1) is 0 Å². The van der Waals surface area contributed by atoms with Gasteiger partial charge in [0.05, 0.1) is 0 Å². The van der Waals surface area contributed by atoms with E-state index in [0.29, 0.717) is 11.1 Å². The monoisotopic (exact) mass is 265 g/mol. The predicted molar refractivity (Wildman–Crippen MR) is 61.1 cm³/mol. The Balaban J connectivity index is 2.92. The zero-order valence-corrected chi connectivity index (χ0v) is 9.58. The summed E-state index contributed by atoms with van der Waals surface area (Å²) in [5, 5.41) is 10.6. The lowest BCUT2D eigenvalue weighted by molar-refractivity contribution is 0.0692. The Labute approximate surface area is 94.9 Å². The summed E-state index contributed by atoms with van der Waals surface area (Å²) in [6.07, 6.45) is 0. The lowest BCUT2D eigenvalue weighted by atomic mass is 10.1. The molecule has 1 N–H and O–H groups in total. The highest BCUT2D eigenvalue weighted by Crippen LogP contribution is 2.26. The molecule has 1 aromatic carbocycles. The van der Waals surface area contributed by atoms with E-state index in [4.69, 9.17) is 5.11 Å². The fourth-order valence-electron chi connectivity index (χ4n) is 1.53. The second-order valence-electron chi connectivity index (χ2n) is 3.25. The number of hydrogen-bond donors (Lipinski definition) is 1. The molecule has 2 aromatic rings. The van der Waals surface area contributed by atoms with Crippen molar-refractivity contribution in [3.8, 4) is 0 Å². The summed E-state index contributed by atoms with van der Waals surface area (Å²) in [6.45, 7) is 1.78. The van der Waals surface area contributed by atoms with E-state index in [1.807, 2.05) is 12.1 Å². The molecule has 76 valence electrons. The molecule has 0 aliphatic heterocycles. The minimum Gasteiger partial charge on any atom is -0.476 e. The molecule has 15 heavy (non-hydrogen) atoms. The Morgan fingerprint density at radius 3 is 2.80 bits per heavy atom. The van der Waals surface area contributed by atoms with Crippen molar-refractivity contribution in [1.29, 1.82) is 0 Å². The largest absolute Gasteiger partial charge is 0.476 e. The number of nitrogens with zero attached hydrogens (tertiary/aromatic N) is 1. The summed E-state index contributed by atoms with van der Waals surface area (Å²) < 4.78 is 0.882. The molecule has 3 nitrogen and oxygen atoms in total. The van der Waals surface area contributed by atoms with Crippen LogP contribution in [0.2, 0.25) is 0 Å². The SMILES string of the molecule is Cc1cc2c(Br)cccc2c(C(=O)O)n1. The molecular formula is C11H8BrNO2. The molecule has 1 aromatic heterocycles. The number of pyridine rings is 1. The Hall–Kier alpha value is -1.42. The molecule has 0 bridgehead atoms. The summed E-state index contributed by atoms with van der Waals surface area (Å²) >= 11 is 3.39. The molecule has 0 atom stereocenters. The third-order valence-electron chi connectivity index (χ3n) is 2.15. The van der Waals surface area contributed by atoms with Crippen LogP contribution in [-0.4, -0.2) is 16.1 Å². The fourth-order valence-corrected chi connectivity index (χ4v) is 2.01. The second kappa shape index (κ2) is 3.62. The van der Waals surface area contributed by atoms with Crippen molar-refractivity contribution in [1.82, 2.24) is 4.98 Å². The maximum Gasteiger partial charge on any atom is 0.355 e. The van der Waals surface area contributed by atoms with Gasteiger partial charge in [0.25, 0.3) is 0 Å². The summed E-state index contributed by atoms with van der Waals surface area (Å²) in [6, 6.07) is 7.31.